The van der Waals surface area contributed by atoms with Gasteiger partial charge in [-0.3, -0.25) is 9.59 Å². The molecule has 0 bridgehead atoms. The Morgan fingerprint density at radius 3 is 2.60 bits per heavy atom. The molecule has 0 heterocycles. The second-order valence-corrected chi connectivity index (χ2v) is 4.06. The summed E-state index contributed by atoms with van der Waals surface area (Å²) in [6, 6.07) is 5.13. The van der Waals surface area contributed by atoms with Crippen LogP contribution in [0.15, 0.2) is 22.7 Å². The van der Waals surface area contributed by atoms with Crippen LogP contribution in [-0.4, -0.2) is 18.7 Å². The highest BCUT2D eigenvalue weighted by Gasteiger charge is 2.14. The topological polar surface area (TPSA) is 43.4 Å². The second kappa shape index (κ2) is 5.07. The van der Waals surface area contributed by atoms with E-state index in [1.54, 1.807) is 18.2 Å². The van der Waals surface area contributed by atoms with Crippen LogP contribution < -0.4 is 4.74 Å². The van der Waals surface area contributed by atoms with Gasteiger partial charge < -0.3 is 4.74 Å². The number of methoxy groups -OCH3 is 1. The molecule has 4 heteroatoms. The number of hydrogen-bond donors (Lipinski definition) is 0. The van der Waals surface area contributed by atoms with E-state index in [-0.39, 0.29) is 18.0 Å². The van der Waals surface area contributed by atoms with Gasteiger partial charge in [0.15, 0.2) is 5.78 Å². The molecule has 1 aromatic carbocycles. The van der Waals surface area contributed by atoms with Gasteiger partial charge in [0.1, 0.15) is 11.5 Å². The van der Waals surface area contributed by atoms with Crippen LogP contribution in [0.3, 0.4) is 0 Å². The highest BCUT2D eigenvalue weighted by molar-refractivity contribution is 9.10. The molecule has 0 aromatic heterocycles. The van der Waals surface area contributed by atoms with E-state index in [0.717, 1.165) is 4.47 Å². The van der Waals surface area contributed by atoms with E-state index in [0.29, 0.717) is 11.3 Å². The summed E-state index contributed by atoms with van der Waals surface area (Å²) in [5, 5.41) is 0. The van der Waals surface area contributed by atoms with Gasteiger partial charge in [-0.25, -0.2) is 0 Å². The van der Waals surface area contributed by atoms with Crippen molar-refractivity contribution in [2.45, 2.75) is 13.3 Å². The lowest BCUT2D eigenvalue weighted by molar-refractivity contribution is -0.116. The molecule has 0 N–H and O–H groups in total. The van der Waals surface area contributed by atoms with E-state index < -0.39 is 0 Å². The fourth-order valence-corrected chi connectivity index (χ4v) is 1.58. The van der Waals surface area contributed by atoms with E-state index >= 15 is 0 Å². The van der Waals surface area contributed by atoms with Crippen LogP contribution >= 0.6 is 15.9 Å². The molecule has 0 radical (unpaired) electrons. The number of ketones is 2. The summed E-state index contributed by atoms with van der Waals surface area (Å²) in [6.45, 7) is 1.39. The van der Waals surface area contributed by atoms with Gasteiger partial charge in [0.25, 0.3) is 0 Å². The first-order valence-electron chi connectivity index (χ1n) is 4.40. The highest BCUT2D eigenvalue weighted by atomic mass is 79.9. The van der Waals surface area contributed by atoms with E-state index in [9.17, 15) is 9.59 Å². The largest absolute Gasteiger partial charge is 0.496 e. The summed E-state index contributed by atoms with van der Waals surface area (Å²) in [7, 11) is 1.49. The Morgan fingerprint density at radius 1 is 1.40 bits per heavy atom. The lowest BCUT2D eigenvalue weighted by Gasteiger charge is -2.06. The molecular formula is C11H11BrO3. The normalized spacial score (nSPS) is 9.80. The van der Waals surface area contributed by atoms with Crippen molar-refractivity contribution in [2.24, 2.45) is 0 Å². The molecule has 0 saturated heterocycles. The van der Waals surface area contributed by atoms with Gasteiger partial charge in [-0.15, -0.1) is 0 Å². The molecule has 15 heavy (non-hydrogen) atoms. The zero-order valence-corrected chi connectivity index (χ0v) is 10.1. The number of benzene rings is 1. The summed E-state index contributed by atoms with van der Waals surface area (Å²) < 4.78 is 5.84. The molecule has 0 atom stereocenters. The maximum atomic E-state index is 11.7. The van der Waals surface area contributed by atoms with Gasteiger partial charge in [0.2, 0.25) is 0 Å². The van der Waals surface area contributed by atoms with Gasteiger partial charge in [-0.1, -0.05) is 15.9 Å². The minimum atomic E-state index is -0.222. The van der Waals surface area contributed by atoms with Crippen LogP contribution in [0.25, 0.3) is 0 Å². The van der Waals surface area contributed by atoms with Crippen LogP contribution in [-0.2, 0) is 4.79 Å². The number of ether oxygens (including phenoxy) is 1. The molecule has 0 amide bonds. The van der Waals surface area contributed by atoms with Crippen LogP contribution in [0.1, 0.15) is 23.7 Å². The van der Waals surface area contributed by atoms with Crippen LogP contribution in [0.2, 0.25) is 0 Å². The lowest BCUT2D eigenvalue weighted by Crippen LogP contribution is -2.06. The third-order valence-corrected chi connectivity index (χ3v) is 2.36. The quantitative estimate of drug-likeness (QED) is 0.624. The number of halogens is 1. The molecule has 0 spiro atoms. The van der Waals surface area contributed by atoms with Gasteiger partial charge >= 0.3 is 0 Å². The van der Waals surface area contributed by atoms with Crippen molar-refractivity contribution in [3.8, 4) is 5.75 Å². The van der Waals surface area contributed by atoms with Crippen molar-refractivity contribution >= 4 is 27.5 Å². The summed E-state index contributed by atoms with van der Waals surface area (Å²) in [5.74, 6) is 0.118. The predicted molar refractivity (Wildman–Crippen MR) is 60.3 cm³/mol. The summed E-state index contributed by atoms with van der Waals surface area (Å²) in [4.78, 5) is 22.5. The van der Waals surface area contributed by atoms with E-state index in [2.05, 4.69) is 15.9 Å². The molecular weight excluding hydrogens is 260 g/mol. The number of carbonyl (C=O) groups is 2. The third kappa shape index (κ3) is 3.16. The molecule has 3 nitrogen and oxygen atoms in total. The maximum Gasteiger partial charge on any atom is 0.173 e. The molecule has 80 valence electrons. The standard InChI is InChI=1S/C11H11BrO3/c1-7(13)5-10(14)9-6-8(12)3-4-11(9)15-2/h3-4,6H,5H2,1-2H3. The van der Waals surface area contributed by atoms with Crippen molar-refractivity contribution in [3.05, 3.63) is 28.2 Å². The minimum Gasteiger partial charge on any atom is -0.496 e. The molecule has 0 saturated carbocycles. The van der Waals surface area contributed by atoms with Gasteiger partial charge in [-0.2, -0.15) is 0 Å². The van der Waals surface area contributed by atoms with Crippen molar-refractivity contribution in [2.75, 3.05) is 7.11 Å². The first kappa shape index (κ1) is 11.9. The zero-order chi connectivity index (χ0) is 11.4. The lowest BCUT2D eigenvalue weighted by atomic mass is 10.1. The molecule has 1 aromatic rings. The molecule has 0 aliphatic rings. The third-order valence-electron chi connectivity index (χ3n) is 1.87. The fourth-order valence-electron chi connectivity index (χ4n) is 1.22. The van der Waals surface area contributed by atoms with Crippen LogP contribution in [0.4, 0.5) is 0 Å². The number of Topliss-reactive ketones (excluding diaryl/α,β-unsaturated/α-hetero) is 2. The van der Waals surface area contributed by atoms with Gasteiger partial charge in [0.05, 0.1) is 19.1 Å². The summed E-state index contributed by atoms with van der Waals surface area (Å²) in [5.41, 5.74) is 0.432. The van der Waals surface area contributed by atoms with Crippen molar-refractivity contribution in [1.82, 2.24) is 0 Å². The average Bonchev–Trinajstić information content (AvgIpc) is 2.16. The van der Waals surface area contributed by atoms with Crippen molar-refractivity contribution in [3.63, 3.8) is 0 Å². The fraction of sp³-hybridized carbons (Fsp3) is 0.273. The number of hydrogen-bond acceptors (Lipinski definition) is 3. The monoisotopic (exact) mass is 270 g/mol. The Labute approximate surface area is 96.6 Å². The first-order chi connectivity index (χ1) is 7.04. The second-order valence-electron chi connectivity index (χ2n) is 3.15. The molecule has 0 aliphatic carbocycles. The highest BCUT2D eigenvalue weighted by Crippen LogP contribution is 2.24. The van der Waals surface area contributed by atoms with E-state index in [1.807, 2.05) is 0 Å². The van der Waals surface area contributed by atoms with Crippen LogP contribution in [0.5, 0.6) is 5.75 Å². The minimum absolute atomic E-state index is 0.0905. The Morgan fingerprint density at radius 2 is 2.07 bits per heavy atom. The Balaban J connectivity index is 3.05. The molecule has 0 fully saturated rings. The molecule has 0 aliphatic heterocycles. The Bertz CT molecular complexity index is 399. The van der Waals surface area contributed by atoms with E-state index in [1.165, 1.54) is 14.0 Å². The number of rotatable bonds is 4. The van der Waals surface area contributed by atoms with Gasteiger partial charge in [0, 0.05) is 4.47 Å². The number of carbonyl (C=O) groups excluding carboxylic acids is 2. The van der Waals surface area contributed by atoms with Gasteiger partial charge in [-0.05, 0) is 25.1 Å². The first-order valence-corrected chi connectivity index (χ1v) is 5.20. The Kier molecular flexibility index (Phi) is 4.03. The van der Waals surface area contributed by atoms with E-state index in [4.69, 9.17) is 4.74 Å². The van der Waals surface area contributed by atoms with Crippen LogP contribution in [0, 0.1) is 0 Å². The van der Waals surface area contributed by atoms with Crippen molar-refractivity contribution in [1.29, 1.82) is 0 Å². The summed E-state index contributed by atoms with van der Waals surface area (Å²) in [6.07, 6.45) is -0.0905. The Hall–Kier alpha value is -1.16. The smallest absolute Gasteiger partial charge is 0.173 e. The SMILES string of the molecule is COc1ccc(Br)cc1C(=O)CC(C)=O. The maximum absolute atomic E-state index is 11.7. The summed E-state index contributed by atoms with van der Waals surface area (Å²) >= 11 is 3.27. The average molecular weight is 271 g/mol. The van der Waals surface area contributed by atoms with Crippen molar-refractivity contribution < 1.29 is 14.3 Å². The molecule has 0 unspecified atom stereocenters. The predicted octanol–water partition coefficient (Wildman–Crippen LogP) is 2.62. The molecule has 1 rings (SSSR count). The zero-order valence-electron chi connectivity index (χ0n) is 8.54.